The molecule has 22 heavy (non-hydrogen) atoms. The Labute approximate surface area is 132 Å². The normalized spacial score (nSPS) is 10.8. The molecule has 0 saturated carbocycles. The van der Waals surface area contributed by atoms with E-state index in [-0.39, 0.29) is 5.69 Å². The average Bonchev–Trinajstić information content (AvgIpc) is 2.85. The first-order valence-corrected chi connectivity index (χ1v) is 7.18. The predicted molar refractivity (Wildman–Crippen MR) is 87.5 cm³/mol. The second kappa shape index (κ2) is 5.69. The number of rotatable bonds is 3. The first kappa shape index (κ1) is 14.4. The van der Waals surface area contributed by atoms with Gasteiger partial charge in [-0.1, -0.05) is 35.9 Å². The molecule has 1 heterocycles. The fraction of sp³-hybridized carbons (Fsp3) is 0.125. The van der Waals surface area contributed by atoms with Gasteiger partial charge < -0.3 is 5.73 Å². The van der Waals surface area contributed by atoms with E-state index in [9.17, 15) is 4.79 Å². The van der Waals surface area contributed by atoms with E-state index >= 15 is 0 Å². The molecule has 3 rings (SSSR count). The van der Waals surface area contributed by atoms with Gasteiger partial charge in [0, 0.05) is 5.69 Å². The van der Waals surface area contributed by atoms with Gasteiger partial charge in [-0.2, -0.15) is 5.10 Å². The second-order valence-corrected chi connectivity index (χ2v) is 5.49. The molecule has 3 aromatic rings. The van der Waals surface area contributed by atoms with E-state index in [4.69, 9.17) is 17.3 Å². The Kier molecular flexibility index (Phi) is 3.73. The largest absolute Gasteiger partial charge is 0.399 e. The maximum absolute atomic E-state index is 12.5. The molecule has 1 aromatic heterocycles. The number of hydrogen-bond donors (Lipinski definition) is 1. The van der Waals surface area contributed by atoms with Crippen LogP contribution in [0.2, 0.25) is 5.02 Å². The molecule has 0 bridgehead atoms. The van der Waals surface area contributed by atoms with Crippen LogP contribution in [0.1, 0.15) is 11.1 Å². The molecular formula is C16H15ClN4O. The number of halogens is 1. The molecule has 0 saturated heterocycles. The maximum Gasteiger partial charge on any atom is 0.350 e. The monoisotopic (exact) mass is 314 g/mol. The van der Waals surface area contributed by atoms with Crippen LogP contribution in [-0.4, -0.2) is 14.3 Å². The van der Waals surface area contributed by atoms with Gasteiger partial charge in [0.15, 0.2) is 0 Å². The van der Waals surface area contributed by atoms with Crippen molar-refractivity contribution in [2.75, 3.05) is 5.73 Å². The zero-order valence-electron chi connectivity index (χ0n) is 12.0. The number of benzene rings is 2. The highest BCUT2D eigenvalue weighted by Gasteiger charge is 2.10. The van der Waals surface area contributed by atoms with Crippen molar-refractivity contribution >= 4 is 17.3 Å². The zero-order chi connectivity index (χ0) is 15.7. The molecule has 2 N–H and O–H groups in total. The first-order chi connectivity index (χ1) is 10.6. The minimum Gasteiger partial charge on any atom is -0.399 e. The third-order valence-electron chi connectivity index (χ3n) is 3.51. The number of para-hydroxylation sites is 1. The molecule has 112 valence electrons. The number of nitrogens with zero attached hydrogens (tertiary/aromatic N) is 3. The van der Waals surface area contributed by atoms with Crippen LogP contribution in [0, 0.1) is 6.92 Å². The van der Waals surface area contributed by atoms with Crippen LogP contribution in [0.5, 0.6) is 0 Å². The molecule has 0 atom stereocenters. The lowest BCUT2D eigenvalue weighted by molar-refractivity contribution is 0.653. The van der Waals surface area contributed by atoms with Crippen molar-refractivity contribution in [3.63, 3.8) is 0 Å². The summed E-state index contributed by atoms with van der Waals surface area (Å²) >= 11 is 6.13. The lowest BCUT2D eigenvalue weighted by Gasteiger charge is -2.05. The highest BCUT2D eigenvalue weighted by Crippen LogP contribution is 2.18. The van der Waals surface area contributed by atoms with Crippen LogP contribution in [-0.2, 0) is 6.54 Å². The van der Waals surface area contributed by atoms with Gasteiger partial charge in [0.05, 0.1) is 17.3 Å². The smallest absolute Gasteiger partial charge is 0.350 e. The number of aryl methyl sites for hydroxylation is 1. The number of nitrogen functional groups attached to an aromatic ring is 1. The highest BCUT2D eigenvalue weighted by atomic mass is 35.5. The molecule has 0 aliphatic heterocycles. The summed E-state index contributed by atoms with van der Waals surface area (Å²) in [4.78, 5) is 12.5. The summed E-state index contributed by atoms with van der Waals surface area (Å²) in [5.74, 6) is 0. The Bertz CT molecular complexity index is 882. The highest BCUT2D eigenvalue weighted by molar-refractivity contribution is 6.32. The summed E-state index contributed by atoms with van der Waals surface area (Å²) in [7, 11) is 0. The fourth-order valence-corrected chi connectivity index (χ4v) is 2.49. The van der Waals surface area contributed by atoms with Crippen LogP contribution < -0.4 is 11.4 Å². The van der Waals surface area contributed by atoms with Gasteiger partial charge in [-0.25, -0.2) is 14.0 Å². The third kappa shape index (κ3) is 2.63. The van der Waals surface area contributed by atoms with E-state index in [0.29, 0.717) is 17.3 Å². The SMILES string of the molecule is Cc1cc(Cn2ncn(-c3ccccc3Cl)c2=O)ccc1N. The van der Waals surface area contributed by atoms with E-state index in [0.717, 1.165) is 16.8 Å². The maximum atomic E-state index is 12.5. The van der Waals surface area contributed by atoms with Crippen molar-refractivity contribution in [3.05, 3.63) is 75.4 Å². The van der Waals surface area contributed by atoms with Crippen molar-refractivity contribution in [2.45, 2.75) is 13.5 Å². The van der Waals surface area contributed by atoms with E-state index in [1.807, 2.05) is 37.3 Å². The average molecular weight is 315 g/mol. The quantitative estimate of drug-likeness (QED) is 0.756. The second-order valence-electron chi connectivity index (χ2n) is 5.08. The Morgan fingerprint density at radius 1 is 1.23 bits per heavy atom. The van der Waals surface area contributed by atoms with Crippen LogP contribution >= 0.6 is 11.6 Å². The summed E-state index contributed by atoms with van der Waals surface area (Å²) in [5, 5.41) is 4.66. The molecule has 0 unspecified atom stereocenters. The number of nitrogens with two attached hydrogens (primary N) is 1. The standard InChI is InChI=1S/C16H15ClN4O/c1-11-8-12(6-7-14(11)18)9-21-16(22)20(10-19-21)15-5-3-2-4-13(15)17/h2-8,10H,9,18H2,1H3. The lowest BCUT2D eigenvalue weighted by Crippen LogP contribution is -2.24. The summed E-state index contributed by atoms with van der Waals surface area (Å²) < 4.78 is 2.83. The summed E-state index contributed by atoms with van der Waals surface area (Å²) in [6.45, 7) is 2.32. The summed E-state index contributed by atoms with van der Waals surface area (Å²) in [6, 6.07) is 12.8. The van der Waals surface area contributed by atoms with E-state index in [2.05, 4.69) is 5.10 Å². The molecule has 0 aliphatic carbocycles. The molecule has 0 fully saturated rings. The van der Waals surface area contributed by atoms with Gasteiger partial charge in [0.2, 0.25) is 0 Å². The number of aromatic nitrogens is 3. The Balaban J connectivity index is 1.96. The van der Waals surface area contributed by atoms with Crippen molar-refractivity contribution in [1.29, 1.82) is 0 Å². The zero-order valence-corrected chi connectivity index (χ0v) is 12.8. The molecule has 2 aromatic carbocycles. The van der Waals surface area contributed by atoms with E-state index in [1.165, 1.54) is 15.6 Å². The van der Waals surface area contributed by atoms with Crippen LogP contribution in [0.3, 0.4) is 0 Å². The van der Waals surface area contributed by atoms with E-state index in [1.54, 1.807) is 12.1 Å². The van der Waals surface area contributed by atoms with Crippen molar-refractivity contribution in [1.82, 2.24) is 14.3 Å². The minimum absolute atomic E-state index is 0.234. The van der Waals surface area contributed by atoms with Gasteiger partial charge in [-0.05, 0) is 36.2 Å². The molecular weight excluding hydrogens is 300 g/mol. The lowest BCUT2D eigenvalue weighted by atomic mass is 10.1. The third-order valence-corrected chi connectivity index (χ3v) is 3.83. The van der Waals surface area contributed by atoms with E-state index < -0.39 is 0 Å². The molecule has 0 aliphatic rings. The molecule has 0 radical (unpaired) electrons. The Hall–Kier alpha value is -2.53. The van der Waals surface area contributed by atoms with Gasteiger partial charge >= 0.3 is 5.69 Å². The van der Waals surface area contributed by atoms with Crippen LogP contribution in [0.25, 0.3) is 5.69 Å². The van der Waals surface area contributed by atoms with Crippen LogP contribution in [0.4, 0.5) is 5.69 Å². The van der Waals surface area contributed by atoms with Crippen molar-refractivity contribution in [2.24, 2.45) is 0 Å². The van der Waals surface area contributed by atoms with Gasteiger partial charge in [0.1, 0.15) is 6.33 Å². The molecule has 0 amide bonds. The fourth-order valence-electron chi connectivity index (χ4n) is 2.27. The Morgan fingerprint density at radius 3 is 2.73 bits per heavy atom. The number of hydrogen-bond acceptors (Lipinski definition) is 3. The predicted octanol–water partition coefficient (Wildman–Crippen LogP) is 2.63. The van der Waals surface area contributed by atoms with Crippen LogP contribution in [0.15, 0.2) is 53.6 Å². The van der Waals surface area contributed by atoms with Crippen molar-refractivity contribution in [3.8, 4) is 5.69 Å². The molecule has 6 heteroatoms. The van der Waals surface area contributed by atoms with Gasteiger partial charge in [0.25, 0.3) is 0 Å². The Morgan fingerprint density at radius 2 is 2.00 bits per heavy atom. The summed E-state index contributed by atoms with van der Waals surface area (Å²) in [5.41, 5.74) is 8.88. The molecule has 0 spiro atoms. The van der Waals surface area contributed by atoms with Crippen molar-refractivity contribution < 1.29 is 0 Å². The molecule has 5 nitrogen and oxygen atoms in total. The summed E-state index contributed by atoms with van der Waals surface area (Å²) in [6.07, 6.45) is 1.48. The minimum atomic E-state index is -0.234. The topological polar surface area (TPSA) is 65.8 Å². The van der Waals surface area contributed by atoms with Gasteiger partial charge in [-0.3, -0.25) is 0 Å². The number of anilines is 1. The first-order valence-electron chi connectivity index (χ1n) is 6.80. The van der Waals surface area contributed by atoms with Gasteiger partial charge in [-0.15, -0.1) is 0 Å².